The molecule has 1 aromatic heterocycles. The minimum absolute atomic E-state index is 0.0117. The summed E-state index contributed by atoms with van der Waals surface area (Å²) in [5.41, 5.74) is 3.54. The van der Waals surface area contributed by atoms with Gasteiger partial charge in [0.2, 0.25) is 5.91 Å². The number of amides is 3. The summed E-state index contributed by atoms with van der Waals surface area (Å²) in [6, 6.07) is 18.6. The molecule has 0 aliphatic heterocycles. The maximum absolute atomic E-state index is 13.1. The summed E-state index contributed by atoms with van der Waals surface area (Å²) in [5, 5.41) is 9.14. The van der Waals surface area contributed by atoms with Gasteiger partial charge in [0, 0.05) is 43.9 Å². The van der Waals surface area contributed by atoms with Crippen LogP contribution in [0.1, 0.15) is 49.4 Å². The lowest BCUT2D eigenvalue weighted by molar-refractivity contribution is -0.130. The molecule has 0 radical (unpaired) electrons. The summed E-state index contributed by atoms with van der Waals surface area (Å²) < 4.78 is 11.0. The molecule has 4 rings (SSSR count). The monoisotopic (exact) mass is 585 g/mol. The van der Waals surface area contributed by atoms with Gasteiger partial charge in [0.15, 0.2) is 0 Å². The predicted octanol–water partition coefficient (Wildman–Crippen LogP) is 5.44. The highest BCUT2D eigenvalue weighted by Crippen LogP contribution is 2.28. The first-order valence-corrected chi connectivity index (χ1v) is 14.1. The van der Waals surface area contributed by atoms with E-state index >= 15 is 0 Å². The van der Waals surface area contributed by atoms with Crippen LogP contribution in [0.15, 0.2) is 69.9 Å². The number of benzene rings is 3. The van der Waals surface area contributed by atoms with Crippen LogP contribution in [0.2, 0.25) is 0 Å². The van der Waals surface area contributed by atoms with Crippen molar-refractivity contribution in [3.63, 3.8) is 0 Å². The molecule has 0 aliphatic carbocycles. The molecule has 3 amide bonds. The number of nitrogens with one attached hydrogen (secondary N) is 3. The van der Waals surface area contributed by atoms with Gasteiger partial charge in [-0.2, -0.15) is 4.98 Å². The fourth-order valence-electron chi connectivity index (χ4n) is 4.68. The Morgan fingerprint density at radius 3 is 2.44 bits per heavy atom. The van der Waals surface area contributed by atoms with Crippen molar-refractivity contribution in [2.45, 2.75) is 59.2 Å². The quantitative estimate of drug-likeness (QED) is 0.226. The lowest BCUT2D eigenvalue weighted by Crippen LogP contribution is -2.46. The number of hydrogen-bond donors (Lipinski definition) is 3. The summed E-state index contributed by atoms with van der Waals surface area (Å²) in [7, 11) is 3.36. The van der Waals surface area contributed by atoms with Gasteiger partial charge in [0.05, 0.1) is 18.0 Å². The number of carbonyl (C=O) groups is 2. The number of urea groups is 1. The normalized spacial score (nSPS) is 11.2. The van der Waals surface area contributed by atoms with E-state index < -0.39 is 5.63 Å². The molecule has 0 atom stereocenters. The molecule has 1 heterocycles. The first kappa shape index (κ1) is 31.1. The van der Waals surface area contributed by atoms with Crippen molar-refractivity contribution in [2.24, 2.45) is 0 Å². The molecule has 0 fully saturated rings. The minimum atomic E-state index is -0.548. The van der Waals surface area contributed by atoms with E-state index in [-0.39, 0.29) is 30.0 Å². The van der Waals surface area contributed by atoms with Crippen LogP contribution < -0.4 is 26.3 Å². The molecule has 0 bridgehead atoms. The SMILES string of the molecule is COc1ccc(CCC(=O)N(C)Cc2ccccc2)c(Nc2nc3ccc(CNC(=O)NC(C)(C)C)c(C)c3c(=O)o2)c1. The van der Waals surface area contributed by atoms with E-state index in [9.17, 15) is 14.4 Å². The van der Waals surface area contributed by atoms with Crippen molar-refractivity contribution in [1.29, 1.82) is 0 Å². The van der Waals surface area contributed by atoms with Gasteiger partial charge in [-0.05, 0) is 68.5 Å². The Balaban J connectivity index is 1.50. The highest BCUT2D eigenvalue weighted by molar-refractivity contribution is 5.83. The largest absolute Gasteiger partial charge is 0.497 e. The van der Waals surface area contributed by atoms with Gasteiger partial charge in [-0.3, -0.25) is 4.79 Å². The van der Waals surface area contributed by atoms with Gasteiger partial charge in [0.1, 0.15) is 5.75 Å². The maximum atomic E-state index is 13.1. The molecule has 0 unspecified atom stereocenters. The highest BCUT2D eigenvalue weighted by atomic mass is 16.5. The summed E-state index contributed by atoms with van der Waals surface area (Å²) in [6.07, 6.45) is 0.754. The first-order chi connectivity index (χ1) is 20.4. The lowest BCUT2D eigenvalue weighted by atomic mass is 10.0. The lowest BCUT2D eigenvalue weighted by Gasteiger charge is -2.21. The number of ether oxygens (including phenoxy) is 1. The number of carbonyl (C=O) groups excluding carboxylic acids is 2. The Labute approximate surface area is 251 Å². The molecule has 0 saturated carbocycles. The van der Waals surface area contributed by atoms with Crippen molar-refractivity contribution in [1.82, 2.24) is 20.5 Å². The van der Waals surface area contributed by atoms with Gasteiger partial charge >= 0.3 is 17.7 Å². The highest BCUT2D eigenvalue weighted by Gasteiger charge is 2.17. The van der Waals surface area contributed by atoms with Crippen molar-refractivity contribution in [2.75, 3.05) is 19.5 Å². The van der Waals surface area contributed by atoms with Crippen LogP contribution in [0.5, 0.6) is 5.75 Å². The van der Waals surface area contributed by atoms with Crippen LogP contribution >= 0.6 is 0 Å². The molecule has 0 aliphatic rings. The molecular formula is C33H39N5O5. The van der Waals surface area contributed by atoms with Gasteiger partial charge in [0.25, 0.3) is 0 Å². The maximum Gasteiger partial charge on any atom is 0.348 e. The average Bonchev–Trinajstić information content (AvgIpc) is 2.95. The Morgan fingerprint density at radius 2 is 1.74 bits per heavy atom. The van der Waals surface area contributed by atoms with E-state index in [0.717, 1.165) is 16.7 Å². The summed E-state index contributed by atoms with van der Waals surface area (Å²) in [4.78, 5) is 44.5. The summed E-state index contributed by atoms with van der Waals surface area (Å²) in [6.45, 7) is 8.28. The number of anilines is 2. The Kier molecular flexibility index (Phi) is 9.70. The fraction of sp³-hybridized carbons (Fsp3) is 0.333. The van der Waals surface area contributed by atoms with Crippen LogP contribution in [-0.4, -0.2) is 41.5 Å². The topological polar surface area (TPSA) is 126 Å². The third-order valence-corrected chi connectivity index (χ3v) is 6.95. The Bertz CT molecular complexity index is 1660. The fourth-order valence-corrected chi connectivity index (χ4v) is 4.68. The van der Waals surface area contributed by atoms with Crippen molar-refractivity contribution in [3.05, 3.63) is 93.3 Å². The number of rotatable bonds is 10. The number of aryl methyl sites for hydroxylation is 2. The molecular weight excluding hydrogens is 546 g/mol. The summed E-state index contributed by atoms with van der Waals surface area (Å²) >= 11 is 0. The third kappa shape index (κ3) is 8.34. The van der Waals surface area contributed by atoms with E-state index in [2.05, 4.69) is 20.9 Å². The van der Waals surface area contributed by atoms with Crippen molar-refractivity contribution in [3.8, 4) is 5.75 Å². The first-order valence-electron chi connectivity index (χ1n) is 14.1. The zero-order chi connectivity index (χ0) is 31.1. The zero-order valence-electron chi connectivity index (χ0n) is 25.5. The molecule has 3 aromatic carbocycles. The van der Waals surface area contributed by atoms with E-state index in [1.54, 1.807) is 38.1 Å². The third-order valence-electron chi connectivity index (χ3n) is 6.95. The molecule has 0 spiro atoms. The van der Waals surface area contributed by atoms with E-state index in [1.807, 2.05) is 69.3 Å². The predicted molar refractivity (Wildman–Crippen MR) is 168 cm³/mol. The van der Waals surface area contributed by atoms with Gasteiger partial charge < -0.3 is 30.0 Å². The molecule has 10 nitrogen and oxygen atoms in total. The smallest absolute Gasteiger partial charge is 0.348 e. The van der Waals surface area contributed by atoms with E-state index in [1.165, 1.54) is 0 Å². The number of methoxy groups -OCH3 is 1. The second kappa shape index (κ2) is 13.4. The second-order valence-electron chi connectivity index (χ2n) is 11.5. The number of fused-ring (bicyclic) bond motifs is 1. The van der Waals surface area contributed by atoms with Gasteiger partial charge in [-0.25, -0.2) is 9.59 Å². The van der Waals surface area contributed by atoms with Crippen LogP contribution in [0.4, 0.5) is 16.5 Å². The van der Waals surface area contributed by atoms with E-state index in [0.29, 0.717) is 47.3 Å². The van der Waals surface area contributed by atoms with Crippen LogP contribution in [-0.2, 0) is 24.3 Å². The second-order valence-corrected chi connectivity index (χ2v) is 11.5. The number of hydrogen-bond acceptors (Lipinski definition) is 7. The van der Waals surface area contributed by atoms with E-state index in [4.69, 9.17) is 9.15 Å². The average molecular weight is 586 g/mol. The van der Waals surface area contributed by atoms with Crippen LogP contribution in [0, 0.1) is 6.92 Å². The number of nitrogens with zero attached hydrogens (tertiary/aromatic N) is 2. The molecule has 43 heavy (non-hydrogen) atoms. The Morgan fingerprint density at radius 1 is 1.02 bits per heavy atom. The standard InChI is InChI=1S/C33H39N5O5/c1-21-24(19-34-31(41)37-33(2,3)4)13-16-26-29(21)30(40)43-32(35-26)36-27-18-25(42-6)15-12-23(27)14-17-28(39)38(5)20-22-10-8-7-9-11-22/h7-13,15-16,18H,14,17,19-20H2,1-6H3,(H,35,36)(H2,34,37,41). The zero-order valence-corrected chi connectivity index (χ0v) is 25.5. The molecule has 4 aromatic rings. The molecule has 0 saturated heterocycles. The van der Waals surface area contributed by atoms with Crippen molar-refractivity contribution >= 4 is 34.5 Å². The van der Waals surface area contributed by atoms with Gasteiger partial charge in [-0.15, -0.1) is 0 Å². The summed E-state index contributed by atoms with van der Waals surface area (Å²) in [5.74, 6) is 0.614. The van der Waals surface area contributed by atoms with Crippen LogP contribution in [0.25, 0.3) is 10.9 Å². The molecule has 226 valence electrons. The van der Waals surface area contributed by atoms with Crippen molar-refractivity contribution < 1.29 is 18.7 Å². The minimum Gasteiger partial charge on any atom is -0.497 e. The molecule has 10 heteroatoms. The van der Waals surface area contributed by atoms with Crippen LogP contribution in [0.3, 0.4) is 0 Å². The molecule has 3 N–H and O–H groups in total. The Hall–Kier alpha value is -4.86. The van der Waals surface area contributed by atoms with Gasteiger partial charge in [-0.1, -0.05) is 42.5 Å². The number of aromatic nitrogens is 1.